The second kappa shape index (κ2) is 7.99. The highest BCUT2D eigenvalue weighted by atomic mass is 16.5. The number of hydrogen-bond acceptors (Lipinski definition) is 4. The molecule has 1 saturated carbocycles. The van der Waals surface area contributed by atoms with Crippen molar-refractivity contribution in [3.8, 4) is 0 Å². The first-order valence-electron chi connectivity index (χ1n) is 8.26. The van der Waals surface area contributed by atoms with Gasteiger partial charge in [-0.2, -0.15) is 0 Å². The number of ether oxygens (including phenoxy) is 1. The van der Waals surface area contributed by atoms with Gasteiger partial charge in [0.05, 0.1) is 7.11 Å². The highest BCUT2D eigenvalue weighted by Gasteiger charge is 2.26. The number of rotatable bonds is 5. The molecule has 0 saturated heterocycles. The zero-order valence-electron chi connectivity index (χ0n) is 13.9. The molecule has 126 valence electrons. The Hall–Kier alpha value is -2.04. The van der Waals surface area contributed by atoms with Crippen LogP contribution in [0.3, 0.4) is 0 Å². The van der Waals surface area contributed by atoms with E-state index in [-0.39, 0.29) is 11.9 Å². The van der Waals surface area contributed by atoms with Crippen LogP contribution in [-0.4, -0.2) is 25.0 Å². The Morgan fingerprint density at radius 2 is 2.00 bits per heavy atom. The van der Waals surface area contributed by atoms with Gasteiger partial charge in [-0.1, -0.05) is 32.1 Å². The van der Waals surface area contributed by atoms with Gasteiger partial charge in [-0.25, -0.2) is 4.79 Å². The number of esters is 1. The van der Waals surface area contributed by atoms with E-state index in [1.807, 2.05) is 6.92 Å². The molecule has 23 heavy (non-hydrogen) atoms. The number of amides is 1. The molecule has 3 N–H and O–H groups in total. The van der Waals surface area contributed by atoms with Crippen LogP contribution >= 0.6 is 0 Å². The number of methoxy groups -OCH3 is 1. The van der Waals surface area contributed by atoms with Gasteiger partial charge in [-0.15, -0.1) is 0 Å². The summed E-state index contributed by atoms with van der Waals surface area (Å²) in [6, 6.07) is 4.53. The van der Waals surface area contributed by atoms with Crippen molar-refractivity contribution in [1.82, 2.24) is 5.32 Å². The third-order valence-electron chi connectivity index (χ3n) is 4.62. The Labute approximate surface area is 137 Å². The van der Waals surface area contributed by atoms with Gasteiger partial charge in [-0.05, 0) is 43.0 Å². The molecule has 1 atom stereocenters. The highest BCUT2D eigenvalue weighted by molar-refractivity contribution is 5.97. The number of aryl methyl sites for hydroxylation is 1. The lowest BCUT2D eigenvalue weighted by atomic mass is 9.84. The molecule has 1 amide bonds. The average Bonchev–Trinajstić information content (AvgIpc) is 2.56. The van der Waals surface area contributed by atoms with E-state index in [9.17, 15) is 9.59 Å². The third-order valence-corrected chi connectivity index (χ3v) is 4.62. The summed E-state index contributed by atoms with van der Waals surface area (Å²) < 4.78 is 4.86. The van der Waals surface area contributed by atoms with Crippen molar-refractivity contribution in [2.75, 3.05) is 12.8 Å². The fraction of sp³-hybridized carbons (Fsp3) is 0.556. The summed E-state index contributed by atoms with van der Waals surface area (Å²) >= 11 is 0. The number of hydrogen-bond donors (Lipinski definition) is 2. The predicted octanol–water partition coefficient (Wildman–Crippen LogP) is 2.82. The molecule has 1 aromatic rings. The SMILES string of the molecule is COC(=O)[C@H](CC1CCCCC1)NC(=O)c1ccc(N)c(C)c1. The van der Waals surface area contributed by atoms with Crippen LogP contribution in [0.5, 0.6) is 0 Å². The van der Waals surface area contributed by atoms with Crippen molar-refractivity contribution in [2.24, 2.45) is 5.92 Å². The summed E-state index contributed by atoms with van der Waals surface area (Å²) in [7, 11) is 1.36. The third kappa shape index (κ3) is 4.71. The Balaban J connectivity index is 2.05. The first kappa shape index (κ1) is 17.3. The molecule has 0 aliphatic heterocycles. The van der Waals surface area contributed by atoms with Gasteiger partial charge in [0.15, 0.2) is 0 Å². The minimum atomic E-state index is -0.589. The van der Waals surface area contributed by atoms with Crippen LogP contribution in [0.1, 0.15) is 54.4 Å². The van der Waals surface area contributed by atoms with Crippen molar-refractivity contribution in [1.29, 1.82) is 0 Å². The number of benzene rings is 1. The van der Waals surface area contributed by atoms with Crippen LogP contribution in [0.25, 0.3) is 0 Å². The summed E-state index contributed by atoms with van der Waals surface area (Å²) in [5.41, 5.74) is 7.78. The predicted molar refractivity (Wildman–Crippen MR) is 90.1 cm³/mol. The lowest BCUT2D eigenvalue weighted by Crippen LogP contribution is -2.43. The van der Waals surface area contributed by atoms with Gasteiger partial charge in [-0.3, -0.25) is 4.79 Å². The van der Waals surface area contributed by atoms with Crippen molar-refractivity contribution in [3.05, 3.63) is 29.3 Å². The van der Waals surface area contributed by atoms with E-state index in [0.29, 0.717) is 23.6 Å². The lowest BCUT2D eigenvalue weighted by molar-refractivity contribution is -0.143. The van der Waals surface area contributed by atoms with E-state index < -0.39 is 6.04 Å². The Morgan fingerprint density at radius 1 is 1.30 bits per heavy atom. The average molecular weight is 318 g/mol. The number of carbonyl (C=O) groups is 2. The summed E-state index contributed by atoms with van der Waals surface area (Å²) in [6.45, 7) is 1.85. The molecular weight excluding hydrogens is 292 g/mol. The Bertz CT molecular complexity index is 565. The first-order valence-corrected chi connectivity index (χ1v) is 8.26. The summed E-state index contributed by atoms with van der Waals surface area (Å²) in [5.74, 6) is -0.170. The van der Waals surface area contributed by atoms with Crippen LogP contribution in [0.15, 0.2) is 18.2 Å². The molecule has 1 aliphatic rings. The molecule has 0 heterocycles. The lowest BCUT2D eigenvalue weighted by Gasteiger charge is -2.25. The van der Waals surface area contributed by atoms with E-state index in [0.717, 1.165) is 18.4 Å². The molecule has 2 rings (SSSR count). The number of nitrogens with one attached hydrogen (secondary N) is 1. The van der Waals surface area contributed by atoms with E-state index in [2.05, 4.69) is 5.32 Å². The molecular formula is C18H26N2O3. The van der Waals surface area contributed by atoms with Gasteiger partial charge >= 0.3 is 5.97 Å². The second-order valence-corrected chi connectivity index (χ2v) is 6.36. The van der Waals surface area contributed by atoms with Crippen molar-refractivity contribution in [3.63, 3.8) is 0 Å². The summed E-state index contributed by atoms with van der Waals surface area (Å²) in [5, 5.41) is 2.82. The highest BCUT2D eigenvalue weighted by Crippen LogP contribution is 2.27. The van der Waals surface area contributed by atoms with E-state index >= 15 is 0 Å². The van der Waals surface area contributed by atoms with Gasteiger partial charge in [0.1, 0.15) is 6.04 Å². The maximum atomic E-state index is 12.4. The van der Waals surface area contributed by atoms with Crippen LogP contribution in [0.2, 0.25) is 0 Å². The maximum Gasteiger partial charge on any atom is 0.328 e. The van der Waals surface area contributed by atoms with Crippen LogP contribution in [0.4, 0.5) is 5.69 Å². The number of nitrogens with two attached hydrogens (primary N) is 1. The van der Waals surface area contributed by atoms with E-state index in [4.69, 9.17) is 10.5 Å². The molecule has 0 radical (unpaired) electrons. The van der Waals surface area contributed by atoms with Crippen molar-refractivity contribution >= 4 is 17.6 Å². The molecule has 5 heteroatoms. The molecule has 1 fully saturated rings. The molecule has 0 bridgehead atoms. The molecule has 0 spiro atoms. The molecule has 5 nitrogen and oxygen atoms in total. The second-order valence-electron chi connectivity index (χ2n) is 6.36. The fourth-order valence-corrected chi connectivity index (χ4v) is 3.17. The standard InChI is InChI=1S/C18H26N2O3/c1-12-10-14(8-9-15(12)19)17(21)20-16(18(22)23-2)11-13-6-4-3-5-7-13/h8-10,13,16H,3-7,11,19H2,1-2H3,(H,20,21)/t16-/m0/s1. The quantitative estimate of drug-likeness (QED) is 0.646. The monoisotopic (exact) mass is 318 g/mol. The zero-order chi connectivity index (χ0) is 16.8. The van der Waals surface area contributed by atoms with E-state index in [1.165, 1.54) is 26.4 Å². The minimum Gasteiger partial charge on any atom is -0.467 e. The summed E-state index contributed by atoms with van der Waals surface area (Å²) in [4.78, 5) is 24.4. The maximum absolute atomic E-state index is 12.4. The van der Waals surface area contributed by atoms with Crippen LogP contribution < -0.4 is 11.1 Å². The first-order chi connectivity index (χ1) is 11.0. The van der Waals surface area contributed by atoms with Gasteiger partial charge < -0.3 is 15.8 Å². The van der Waals surface area contributed by atoms with E-state index in [1.54, 1.807) is 18.2 Å². The Kier molecular flexibility index (Phi) is 6.02. The van der Waals surface area contributed by atoms with Gasteiger partial charge in [0.2, 0.25) is 0 Å². The molecule has 1 aromatic carbocycles. The minimum absolute atomic E-state index is 0.265. The van der Waals surface area contributed by atoms with Crippen LogP contribution in [0, 0.1) is 12.8 Å². The number of anilines is 1. The largest absolute Gasteiger partial charge is 0.467 e. The van der Waals surface area contributed by atoms with Crippen molar-refractivity contribution < 1.29 is 14.3 Å². The normalized spacial score (nSPS) is 16.6. The number of carbonyl (C=O) groups excluding carboxylic acids is 2. The molecule has 1 aliphatic carbocycles. The smallest absolute Gasteiger partial charge is 0.328 e. The van der Waals surface area contributed by atoms with Gasteiger partial charge in [0.25, 0.3) is 5.91 Å². The van der Waals surface area contributed by atoms with Crippen molar-refractivity contribution in [2.45, 2.75) is 51.5 Å². The zero-order valence-corrected chi connectivity index (χ0v) is 13.9. The fourth-order valence-electron chi connectivity index (χ4n) is 3.17. The number of nitrogen functional groups attached to an aromatic ring is 1. The Morgan fingerprint density at radius 3 is 2.61 bits per heavy atom. The topological polar surface area (TPSA) is 81.4 Å². The molecule has 0 aromatic heterocycles. The summed E-state index contributed by atoms with van der Waals surface area (Å²) in [6.07, 6.45) is 6.53. The molecule has 0 unspecified atom stereocenters. The van der Waals surface area contributed by atoms with Gasteiger partial charge in [0, 0.05) is 11.3 Å². The van der Waals surface area contributed by atoms with Crippen LogP contribution in [-0.2, 0) is 9.53 Å².